The summed E-state index contributed by atoms with van der Waals surface area (Å²) in [6.45, 7) is 1.95. The zero-order valence-electron chi connectivity index (χ0n) is 9.75. The fourth-order valence-corrected chi connectivity index (χ4v) is 2.17. The molecule has 17 heavy (non-hydrogen) atoms. The zero-order valence-corrected chi connectivity index (χ0v) is 10.6. The Hall–Kier alpha value is -1.46. The number of hydrogen-bond acceptors (Lipinski definition) is 5. The van der Waals surface area contributed by atoms with E-state index in [1.54, 1.807) is 36.9 Å². The second kappa shape index (κ2) is 5.25. The van der Waals surface area contributed by atoms with Crippen LogP contribution in [-0.4, -0.2) is 22.2 Å². The molecule has 2 heterocycles. The van der Waals surface area contributed by atoms with Crippen LogP contribution >= 0.6 is 11.3 Å². The van der Waals surface area contributed by atoms with E-state index in [1.165, 1.54) is 0 Å². The number of aliphatic hydroxyl groups excluding tert-OH is 1. The van der Waals surface area contributed by atoms with Gasteiger partial charge in [0, 0.05) is 23.6 Å². The molecule has 0 aromatic carbocycles. The molecule has 0 spiro atoms. The van der Waals surface area contributed by atoms with Gasteiger partial charge in [0.1, 0.15) is 5.75 Å². The number of rotatable bonds is 4. The van der Waals surface area contributed by atoms with Crippen LogP contribution in [0.5, 0.6) is 5.75 Å². The van der Waals surface area contributed by atoms with Gasteiger partial charge in [-0.15, -0.1) is 11.3 Å². The van der Waals surface area contributed by atoms with Crippen molar-refractivity contribution in [2.24, 2.45) is 0 Å². The predicted molar refractivity (Wildman–Crippen MR) is 66.3 cm³/mol. The first-order valence-corrected chi connectivity index (χ1v) is 6.15. The maximum Gasteiger partial charge on any atom is 0.137 e. The van der Waals surface area contributed by atoms with Gasteiger partial charge in [0.05, 0.1) is 30.1 Å². The van der Waals surface area contributed by atoms with Gasteiger partial charge in [0.2, 0.25) is 0 Å². The average molecular weight is 250 g/mol. The SMILES string of the molecule is COc1cncc(C(O)Cc2csc(C)n2)c1. The lowest BCUT2D eigenvalue weighted by Crippen LogP contribution is -2.03. The summed E-state index contributed by atoms with van der Waals surface area (Å²) < 4.78 is 5.07. The van der Waals surface area contributed by atoms with Crippen LogP contribution in [0.2, 0.25) is 0 Å². The summed E-state index contributed by atoms with van der Waals surface area (Å²) in [4.78, 5) is 8.35. The monoisotopic (exact) mass is 250 g/mol. The van der Waals surface area contributed by atoms with Crippen LogP contribution in [0.1, 0.15) is 22.4 Å². The van der Waals surface area contributed by atoms with Crippen molar-refractivity contribution >= 4 is 11.3 Å². The average Bonchev–Trinajstić information content (AvgIpc) is 2.75. The van der Waals surface area contributed by atoms with Gasteiger partial charge >= 0.3 is 0 Å². The van der Waals surface area contributed by atoms with Gasteiger partial charge in [-0.2, -0.15) is 0 Å². The summed E-state index contributed by atoms with van der Waals surface area (Å²) in [5.74, 6) is 0.649. The van der Waals surface area contributed by atoms with E-state index >= 15 is 0 Å². The second-order valence-corrected chi connectivity index (χ2v) is 4.80. The van der Waals surface area contributed by atoms with E-state index < -0.39 is 6.10 Å². The van der Waals surface area contributed by atoms with Crippen molar-refractivity contribution in [2.45, 2.75) is 19.4 Å². The van der Waals surface area contributed by atoms with Crippen molar-refractivity contribution < 1.29 is 9.84 Å². The number of ether oxygens (including phenoxy) is 1. The number of aromatic nitrogens is 2. The summed E-state index contributed by atoms with van der Waals surface area (Å²) in [5, 5.41) is 13.0. The van der Waals surface area contributed by atoms with Crippen molar-refractivity contribution in [1.82, 2.24) is 9.97 Å². The Bertz CT molecular complexity index is 499. The number of aliphatic hydroxyl groups is 1. The molecule has 0 bridgehead atoms. The molecule has 90 valence electrons. The van der Waals surface area contributed by atoms with E-state index in [-0.39, 0.29) is 0 Å². The van der Waals surface area contributed by atoms with Gasteiger partial charge in [-0.25, -0.2) is 4.98 Å². The highest BCUT2D eigenvalue weighted by Crippen LogP contribution is 2.21. The topological polar surface area (TPSA) is 55.2 Å². The van der Waals surface area contributed by atoms with Crippen molar-refractivity contribution in [3.05, 3.63) is 40.1 Å². The van der Waals surface area contributed by atoms with E-state index in [2.05, 4.69) is 9.97 Å². The van der Waals surface area contributed by atoms with E-state index in [0.717, 1.165) is 16.3 Å². The smallest absolute Gasteiger partial charge is 0.137 e. The molecule has 1 atom stereocenters. The Morgan fingerprint density at radius 2 is 2.29 bits per heavy atom. The highest BCUT2D eigenvalue weighted by atomic mass is 32.1. The fraction of sp³-hybridized carbons (Fsp3) is 0.333. The molecule has 4 nitrogen and oxygen atoms in total. The largest absolute Gasteiger partial charge is 0.495 e. The maximum absolute atomic E-state index is 10.1. The quantitative estimate of drug-likeness (QED) is 0.903. The highest BCUT2D eigenvalue weighted by molar-refractivity contribution is 7.09. The van der Waals surface area contributed by atoms with Crippen LogP contribution in [0, 0.1) is 6.92 Å². The first-order chi connectivity index (χ1) is 8.19. The van der Waals surface area contributed by atoms with E-state index in [1.807, 2.05) is 12.3 Å². The van der Waals surface area contributed by atoms with Gasteiger partial charge in [-0.3, -0.25) is 4.98 Å². The third-order valence-electron chi connectivity index (χ3n) is 2.42. The molecule has 0 saturated carbocycles. The van der Waals surface area contributed by atoms with E-state index in [9.17, 15) is 5.11 Å². The Morgan fingerprint density at radius 1 is 1.47 bits per heavy atom. The maximum atomic E-state index is 10.1. The number of hydrogen-bond donors (Lipinski definition) is 1. The lowest BCUT2D eigenvalue weighted by Gasteiger charge is -2.10. The van der Waals surface area contributed by atoms with Crippen LogP contribution in [-0.2, 0) is 6.42 Å². The van der Waals surface area contributed by atoms with Crippen molar-refractivity contribution in [2.75, 3.05) is 7.11 Å². The minimum atomic E-state index is -0.598. The third kappa shape index (κ3) is 3.01. The number of nitrogens with zero attached hydrogens (tertiary/aromatic N) is 2. The molecule has 1 N–H and O–H groups in total. The minimum Gasteiger partial charge on any atom is -0.495 e. The van der Waals surface area contributed by atoms with Gasteiger partial charge in [0.25, 0.3) is 0 Å². The van der Waals surface area contributed by atoms with Crippen molar-refractivity contribution in [3.8, 4) is 5.75 Å². The van der Waals surface area contributed by atoms with Gasteiger partial charge in [0.15, 0.2) is 0 Å². The van der Waals surface area contributed by atoms with Crippen LogP contribution < -0.4 is 4.74 Å². The molecule has 1 unspecified atom stereocenters. The Labute approximate surface area is 104 Å². The zero-order chi connectivity index (χ0) is 12.3. The summed E-state index contributed by atoms with van der Waals surface area (Å²) >= 11 is 1.59. The summed E-state index contributed by atoms with van der Waals surface area (Å²) in [6.07, 6.45) is 3.16. The van der Waals surface area contributed by atoms with E-state index in [0.29, 0.717) is 12.2 Å². The molecule has 2 rings (SSSR count). The molecule has 0 aliphatic rings. The highest BCUT2D eigenvalue weighted by Gasteiger charge is 2.11. The molecule has 2 aromatic rings. The predicted octanol–water partition coefficient (Wildman–Crippen LogP) is 2.13. The Balaban J connectivity index is 2.11. The molecule has 0 amide bonds. The number of thiazole rings is 1. The molecule has 5 heteroatoms. The second-order valence-electron chi connectivity index (χ2n) is 3.74. The standard InChI is InChI=1S/C12H14N2O2S/c1-8-14-10(7-17-8)4-12(15)9-3-11(16-2)6-13-5-9/h3,5-7,12,15H,4H2,1-2H3. The van der Waals surface area contributed by atoms with Crippen LogP contribution in [0.15, 0.2) is 23.8 Å². The first kappa shape index (κ1) is 12.0. The van der Waals surface area contributed by atoms with Crippen molar-refractivity contribution in [1.29, 1.82) is 0 Å². The van der Waals surface area contributed by atoms with Gasteiger partial charge < -0.3 is 9.84 Å². The summed E-state index contributed by atoms with van der Waals surface area (Å²) in [5.41, 5.74) is 1.65. The molecule has 2 aromatic heterocycles. The molecule has 0 saturated heterocycles. The first-order valence-electron chi connectivity index (χ1n) is 5.27. The molecule has 0 radical (unpaired) electrons. The normalized spacial score (nSPS) is 12.4. The van der Waals surface area contributed by atoms with Crippen molar-refractivity contribution in [3.63, 3.8) is 0 Å². The number of methoxy groups -OCH3 is 1. The molecular weight excluding hydrogens is 236 g/mol. The summed E-state index contributed by atoms with van der Waals surface area (Å²) in [6, 6.07) is 1.79. The molecule has 0 aliphatic carbocycles. The van der Waals surface area contributed by atoms with Crippen LogP contribution in [0.25, 0.3) is 0 Å². The molecule has 0 fully saturated rings. The van der Waals surface area contributed by atoms with Crippen LogP contribution in [0.3, 0.4) is 0 Å². The van der Waals surface area contributed by atoms with E-state index in [4.69, 9.17) is 4.74 Å². The Morgan fingerprint density at radius 3 is 2.94 bits per heavy atom. The van der Waals surface area contributed by atoms with Gasteiger partial charge in [-0.1, -0.05) is 0 Å². The van der Waals surface area contributed by atoms with Crippen LogP contribution in [0.4, 0.5) is 0 Å². The fourth-order valence-electron chi connectivity index (χ4n) is 1.55. The number of aryl methyl sites for hydroxylation is 1. The molecule has 0 aliphatic heterocycles. The minimum absolute atomic E-state index is 0.499. The molecular formula is C12H14N2O2S. The lowest BCUT2D eigenvalue weighted by molar-refractivity contribution is 0.176. The summed E-state index contributed by atoms with van der Waals surface area (Å²) in [7, 11) is 1.58. The third-order valence-corrected chi connectivity index (χ3v) is 3.25. The Kier molecular flexibility index (Phi) is 3.71. The lowest BCUT2D eigenvalue weighted by atomic mass is 10.1. The number of pyridine rings is 1. The van der Waals surface area contributed by atoms with Gasteiger partial charge in [-0.05, 0) is 13.0 Å².